The molecule has 1 N–H and O–H groups in total. The molecule has 0 saturated carbocycles. The molecule has 118 valence electrons. The monoisotopic (exact) mass is 303 g/mol. The predicted molar refractivity (Wildman–Crippen MR) is 83.5 cm³/mol. The molecule has 0 aliphatic rings. The van der Waals surface area contributed by atoms with Crippen LogP contribution in [0.25, 0.3) is 11.3 Å². The van der Waals surface area contributed by atoms with Gasteiger partial charge in [0.2, 0.25) is 0 Å². The summed E-state index contributed by atoms with van der Waals surface area (Å²) in [5.74, 6) is -0.179. The first-order chi connectivity index (χ1) is 10.5. The van der Waals surface area contributed by atoms with Gasteiger partial charge in [0.1, 0.15) is 5.69 Å². The van der Waals surface area contributed by atoms with Crippen LogP contribution in [-0.4, -0.2) is 59.1 Å². The largest absolute Gasteiger partial charge is 0.389 e. The third-order valence-corrected chi connectivity index (χ3v) is 3.30. The Morgan fingerprint density at radius 2 is 2.09 bits per heavy atom. The fourth-order valence-electron chi connectivity index (χ4n) is 2.30. The summed E-state index contributed by atoms with van der Waals surface area (Å²) < 4.78 is 6.50. The standard InChI is InChI=1S/C16H21N3O3/c1-18(9-13(20)11-22-3)16(21)14-10-19(2)17-15(14)12-7-5-4-6-8-12/h4-8,10,13,20H,9,11H2,1-3H3. The molecule has 1 aromatic carbocycles. The Morgan fingerprint density at radius 3 is 2.73 bits per heavy atom. The number of aryl methyl sites for hydroxylation is 1. The normalized spacial score (nSPS) is 12.2. The SMILES string of the molecule is COCC(O)CN(C)C(=O)c1cn(C)nc1-c1ccccc1. The summed E-state index contributed by atoms with van der Waals surface area (Å²) in [6.07, 6.45) is 0.986. The van der Waals surface area contributed by atoms with Gasteiger partial charge in [-0.2, -0.15) is 5.10 Å². The number of amides is 1. The topological polar surface area (TPSA) is 67.6 Å². The lowest BCUT2D eigenvalue weighted by Gasteiger charge is -2.20. The Balaban J connectivity index is 2.23. The Hall–Kier alpha value is -2.18. The van der Waals surface area contributed by atoms with E-state index in [-0.39, 0.29) is 19.1 Å². The number of aliphatic hydroxyl groups excluding tert-OH is 1. The van der Waals surface area contributed by atoms with E-state index >= 15 is 0 Å². The van der Waals surface area contributed by atoms with Crippen molar-refractivity contribution in [1.29, 1.82) is 0 Å². The number of hydrogen-bond donors (Lipinski definition) is 1. The molecular formula is C16H21N3O3. The number of aliphatic hydroxyl groups is 1. The Bertz CT molecular complexity index is 625. The van der Waals surface area contributed by atoms with Crippen LogP contribution in [0.15, 0.2) is 36.5 Å². The van der Waals surface area contributed by atoms with Crippen LogP contribution >= 0.6 is 0 Å². The first kappa shape index (κ1) is 16.2. The minimum absolute atomic E-state index is 0.179. The highest BCUT2D eigenvalue weighted by molar-refractivity contribution is 5.99. The minimum Gasteiger partial charge on any atom is -0.389 e. The maximum Gasteiger partial charge on any atom is 0.257 e. The summed E-state index contributed by atoms with van der Waals surface area (Å²) in [7, 11) is 4.95. The first-order valence-electron chi connectivity index (χ1n) is 7.04. The van der Waals surface area contributed by atoms with Gasteiger partial charge < -0.3 is 14.7 Å². The molecule has 1 aromatic heterocycles. The number of rotatable bonds is 6. The molecule has 0 aliphatic carbocycles. The molecule has 0 fully saturated rings. The molecule has 1 atom stereocenters. The van der Waals surface area contributed by atoms with E-state index in [0.717, 1.165) is 5.56 Å². The van der Waals surface area contributed by atoms with E-state index in [0.29, 0.717) is 11.3 Å². The summed E-state index contributed by atoms with van der Waals surface area (Å²) >= 11 is 0. The summed E-state index contributed by atoms with van der Waals surface area (Å²) in [5, 5.41) is 14.1. The highest BCUT2D eigenvalue weighted by Crippen LogP contribution is 2.22. The maximum absolute atomic E-state index is 12.6. The zero-order chi connectivity index (χ0) is 16.1. The van der Waals surface area contributed by atoms with Crippen molar-refractivity contribution < 1.29 is 14.6 Å². The number of methoxy groups -OCH3 is 1. The van der Waals surface area contributed by atoms with Gasteiger partial charge in [-0.25, -0.2) is 0 Å². The van der Waals surface area contributed by atoms with E-state index in [1.807, 2.05) is 30.3 Å². The molecule has 1 unspecified atom stereocenters. The highest BCUT2D eigenvalue weighted by Gasteiger charge is 2.21. The molecular weight excluding hydrogens is 282 g/mol. The van der Waals surface area contributed by atoms with Crippen molar-refractivity contribution in [2.45, 2.75) is 6.10 Å². The van der Waals surface area contributed by atoms with Crippen molar-refractivity contribution in [3.63, 3.8) is 0 Å². The number of carbonyl (C=O) groups excluding carboxylic acids is 1. The smallest absolute Gasteiger partial charge is 0.257 e. The van der Waals surface area contributed by atoms with Gasteiger partial charge >= 0.3 is 0 Å². The van der Waals surface area contributed by atoms with Gasteiger partial charge in [-0.15, -0.1) is 0 Å². The molecule has 22 heavy (non-hydrogen) atoms. The molecule has 0 radical (unpaired) electrons. The lowest BCUT2D eigenvalue weighted by Crippen LogP contribution is -2.36. The van der Waals surface area contributed by atoms with Gasteiger partial charge in [-0.3, -0.25) is 9.48 Å². The van der Waals surface area contributed by atoms with Crippen molar-refractivity contribution >= 4 is 5.91 Å². The van der Waals surface area contributed by atoms with Crippen molar-refractivity contribution in [3.8, 4) is 11.3 Å². The molecule has 0 bridgehead atoms. The van der Waals surface area contributed by atoms with E-state index in [4.69, 9.17) is 4.74 Å². The van der Waals surface area contributed by atoms with E-state index in [9.17, 15) is 9.90 Å². The molecule has 0 aliphatic heterocycles. The van der Waals surface area contributed by atoms with Crippen LogP contribution in [0.1, 0.15) is 10.4 Å². The Kier molecular flexibility index (Phi) is 5.30. The van der Waals surface area contributed by atoms with Crippen molar-refractivity contribution in [1.82, 2.24) is 14.7 Å². The first-order valence-corrected chi connectivity index (χ1v) is 7.04. The van der Waals surface area contributed by atoms with Gasteiger partial charge in [-0.05, 0) is 0 Å². The molecule has 2 rings (SSSR count). The third kappa shape index (κ3) is 3.72. The van der Waals surface area contributed by atoms with E-state index < -0.39 is 6.10 Å². The van der Waals surface area contributed by atoms with Gasteiger partial charge in [0.25, 0.3) is 5.91 Å². The van der Waals surface area contributed by atoms with Crippen LogP contribution in [0.5, 0.6) is 0 Å². The second-order valence-electron chi connectivity index (χ2n) is 5.23. The molecule has 2 aromatic rings. The molecule has 1 heterocycles. The zero-order valence-corrected chi connectivity index (χ0v) is 13.1. The molecule has 0 spiro atoms. The molecule has 6 nitrogen and oxygen atoms in total. The lowest BCUT2D eigenvalue weighted by molar-refractivity contribution is 0.0380. The number of ether oxygens (including phenoxy) is 1. The minimum atomic E-state index is -0.712. The average molecular weight is 303 g/mol. The number of nitrogens with zero attached hydrogens (tertiary/aromatic N) is 3. The Labute approximate surface area is 129 Å². The van der Waals surface area contributed by atoms with Crippen LogP contribution in [-0.2, 0) is 11.8 Å². The second kappa shape index (κ2) is 7.20. The van der Waals surface area contributed by atoms with E-state index in [1.54, 1.807) is 25.0 Å². The van der Waals surface area contributed by atoms with Gasteiger partial charge in [0.15, 0.2) is 0 Å². The summed E-state index contributed by atoms with van der Waals surface area (Å²) in [6.45, 7) is 0.395. The van der Waals surface area contributed by atoms with Crippen LogP contribution in [0, 0.1) is 0 Å². The van der Waals surface area contributed by atoms with E-state index in [2.05, 4.69) is 5.10 Å². The van der Waals surface area contributed by atoms with Gasteiger partial charge in [-0.1, -0.05) is 30.3 Å². The van der Waals surface area contributed by atoms with Gasteiger partial charge in [0, 0.05) is 39.5 Å². The third-order valence-electron chi connectivity index (χ3n) is 3.30. The Morgan fingerprint density at radius 1 is 1.41 bits per heavy atom. The van der Waals surface area contributed by atoms with Gasteiger partial charge in [0.05, 0.1) is 18.3 Å². The summed E-state index contributed by atoms with van der Waals surface area (Å²) in [4.78, 5) is 14.1. The van der Waals surface area contributed by atoms with Crippen molar-refractivity contribution in [3.05, 3.63) is 42.1 Å². The summed E-state index contributed by atoms with van der Waals surface area (Å²) in [5.41, 5.74) is 2.04. The van der Waals surface area contributed by atoms with Crippen LogP contribution < -0.4 is 0 Å². The highest BCUT2D eigenvalue weighted by atomic mass is 16.5. The van der Waals surface area contributed by atoms with Crippen LogP contribution in [0.4, 0.5) is 0 Å². The molecule has 6 heteroatoms. The fraction of sp³-hybridized carbons (Fsp3) is 0.375. The van der Waals surface area contributed by atoms with Crippen molar-refractivity contribution in [2.24, 2.45) is 7.05 Å². The van der Waals surface area contributed by atoms with E-state index in [1.165, 1.54) is 12.0 Å². The second-order valence-corrected chi connectivity index (χ2v) is 5.23. The number of hydrogen-bond acceptors (Lipinski definition) is 4. The zero-order valence-electron chi connectivity index (χ0n) is 13.1. The maximum atomic E-state index is 12.6. The number of aromatic nitrogens is 2. The van der Waals surface area contributed by atoms with Crippen LogP contribution in [0.2, 0.25) is 0 Å². The number of carbonyl (C=O) groups is 1. The molecule has 1 amide bonds. The fourth-order valence-corrected chi connectivity index (χ4v) is 2.30. The van der Waals surface area contributed by atoms with Crippen molar-refractivity contribution in [2.75, 3.05) is 27.3 Å². The lowest BCUT2D eigenvalue weighted by atomic mass is 10.1. The predicted octanol–water partition coefficient (Wildman–Crippen LogP) is 1.17. The average Bonchev–Trinajstić information content (AvgIpc) is 2.89. The quantitative estimate of drug-likeness (QED) is 0.870. The van der Waals surface area contributed by atoms with Crippen LogP contribution in [0.3, 0.4) is 0 Å². The number of likely N-dealkylation sites (N-methyl/N-ethyl adjacent to an activating group) is 1. The molecule has 0 saturated heterocycles. The number of benzene rings is 1. The summed E-state index contributed by atoms with van der Waals surface area (Å²) in [6, 6.07) is 9.56.